The van der Waals surface area contributed by atoms with Crippen LogP contribution in [0.5, 0.6) is 0 Å². The fourth-order valence-electron chi connectivity index (χ4n) is 1.91. The minimum Gasteiger partial charge on any atom is -0.339 e. The van der Waals surface area contributed by atoms with E-state index in [1.54, 1.807) is 17.0 Å². The molecule has 1 aromatic carbocycles. The van der Waals surface area contributed by atoms with Crippen molar-refractivity contribution in [3.05, 3.63) is 33.1 Å². The molecule has 2 rings (SSSR count). The lowest BCUT2D eigenvalue weighted by atomic mass is 10.0. The maximum Gasteiger partial charge on any atom is 0.253 e. The molecule has 0 spiro atoms. The highest BCUT2D eigenvalue weighted by Crippen LogP contribution is 2.16. The summed E-state index contributed by atoms with van der Waals surface area (Å²) in [6, 6.07) is 4.78. The molecule has 2 N–H and O–H groups in total. The Balaban J connectivity index is 0.00000162. The third kappa shape index (κ3) is 3.55. The zero-order chi connectivity index (χ0) is 12.4. The maximum atomic E-state index is 13.4. The van der Waals surface area contributed by atoms with Crippen molar-refractivity contribution in [1.29, 1.82) is 0 Å². The first-order valence-electron chi connectivity index (χ1n) is 5.58. The molecule has 1 heterocycles. The molecule has 0 aromatic heterocycles. The Labute approximate surface area is 125 Å². The van der Waals surface area contributed by atoms with Gasteiger partial charge in [0.1, 0.15) is 5.82 Å². The molecule has 100 valence electrons. The molecule has 1 aliphatic heterocycles. The number of piperidine rings is 1. The predicted octanol–water partition coefficient (Wildman–Crippen LogP) is 2.42. The average Bonchev–Trinajstić information content (AvgIpc) is 2.33. The van der Waals surface area contributed by atoms with Gasteiger partial charge in [0.05, 0.1) is 0 Å². The molecule has 0 saturated carbocycles. The highest BCUT2D eigenvalue weighted by Gasteiger charge is 2.22. The number of likely N-dealkylation sites (tertiary alicyclic amines) is 1. The summed E-state index contributed by atoms with van der Waals surface area (Å²) in [6.07, 6.45) is 1.64. The second-order valence-electron chi connectivity index (χ2n) is 4.26. The number of carbonyl (C=O) groups is 1. The molecule has 1 aliphatic rings. The lowest BCUT2D eigenvalue weighted by molar-refractivity contribution is 0.0714. The van der Waals surface area contributed by atoms with Gasteiger partial charge in [0.15, 0.2) is 0 Å². The van der Waals surface area contributed by atoms with E-state index >= 15 is 0 Å². The molecule has 3 nitrogen and oxygen atoms in total. The molecule has 18 heavy (non-hydrogen) atoms. The zero-order valence-electron chi connectivity index (χ0n) is 9.73. The quantitative estimate of drug-likeness (QED) is 0.756. The molecular formula is C12H15ClFIN2O. The minimum atomic E-state index is -0.342. The summed E-state index contributed by atoms with van der Waals surface area (Å²) in [5, 5.41) is 0. The molecule has 1 aromatic rings. The highest BCUT2D eigenvalue weighted by molar-refractivity contribution is 14.1. The van der Waals surface area contributed by atoms with Gasteiger partial charge in [0.2, 0.25) is 0 Å². The summed E-state index contributed by atoms with van der Waals surface area (Å²) in [4.78, 5) is 13.8. The summed E-state index contributed by atoms with van der Waals surface area (Å²) in [5.41, 5.74) is 6.20. The van der Waals surface area contributed by atoms with Gasteiger partial charge in [-0.2, -0.15) is 0 Å². The van der Waals surface area contributed by atoms with Crippen molar-refractivity contribution in [2.24, 2.45) is 5.73 Å². The van der Waals surface area contributed by atoms with E-state index in [4.69, 9.17) is 5.73 Å². The van der Waals surface area contributed by atoms with Crippen LogP contribution in [0.3, 0.4) is 0 Å². The van der Waals surface area contributed by atoms with Crippen LogP contribution in [-0.2, 0) is 0 Å². The molecule has 1 fully saturated rings. The molecule has 1 amide bonds. The summed E-state index contributed by atoms with van der Waals surface area (Å²) in [6.45, 7) is 1.32. The van der Waals surface area contributed by atoms with Crippen LogP contribution in [0.4, 0.5) is 4.39 Å². The van der Waals surface area contributed by atoms with Gasteiger partial charge in [-0.1, -0.05) is 0 Å². The SMILES string of the molecule is Cl.NC1CCN(C(=O)c2ccc(I)c(F)c2)CC1. The van der Waals surface area contributed by atoms with Gasteiger partial charge < -0.3 is 10.6 Å². The number of amides is 1. The summed E-state index contributed by atoms with van der Waals surface area (Å²) in [5.74, 6) is -0.447. The molecule has 0 unspecified atom stereocenters. The molecule has 0 radical (unpaired) electrons. The number of carbonyl (C=O) groups excluding carboxylic acids is 1. The monoisotopic (exact) mass is 384 g/mol. The van der Waals surface area contributed by atoms with E-state index in [1.807, 2.05) is 22.6 Å². The summed E-state index contributed by atoms with van der Waals surface area (Å²) >= 11 is 1.91. The van der Waals surface area contributed by atoms with E-state index < -0.39 is 0 Å². The van der Waals surface area contributed by atoms with Crippen LogP contribution in [0, 0.1) is 9.39 Å². The van der Waals surface area contributed by atoms with Crippen molar-refractivity contribution in [1.82, 2.24) is 4.90 Å². The number of hydrogen-bond acceptors (Lipinski definition) is 2. The van der Waals surface area contributed by atoms with Gasteiger partial charge in [-0.3, -0.25) is 4.79 Å². The lowest BCUT2D eigenvalue weighted by Crippen LogP contribution is -2.42. The molecule has 6 heteroatoms. The Bertz CT molecular complexity index is 436. The fraction of sp³-hybridized carbons (Fsp3) is 0.417. The van der Waals surface area contributed by atoms with Crippen LogP contribution >= 0.6 is 35.0 Å². The number of nitrogens with zero attached hydrogens (tertiary/aromatic N) is 1. The van der Waals surface area contributed by atoms with E-state index in [1.165, 1.54) is 6.07 Å². The first-order chi connectivity index (χ1) is 8.08. The Hall–Kier alpha value is -0.400. The Morgan fingerprint density at radius 2 is 2.00 bits per heavy atom. The van der Waals surface area contributed by atoms with E-state index in [0.717, 1.165) is 12.8 Å². The third-order valence-corrected chi connectivity index (χ3v) is 3.87. The van der Waals surface area contributed by atoms with Crippen LogP contribution in [0.15, 0.2) is 18.2 Å². The van der Waals surface area contributed by atoms with Gasteiger partial charge in [-0.15, -0.1) is 12.4 Å². The van der Waals surface area contributed by atoms with Gasteiger partial charge in [-0.05, 0) is 53.6 Å². The van der Waals surface area contributed by atoms with Crippen molar-refractivity contribution in [2.75, 3.05) is 13.1 Å². The van der Waals surface area contributed by atoms with Gasteiger partial charge in [0.25, 0.3) is 5.91 Å². The number of halogens is 3. The molecular weight excluding hydrogens is 370 g/mol. The topological polar surface area (TPSA) is 46.3 Å². The second kappa shape index (κ2) is 6.68. The van der Waals surface area contributed by atoms with E-state index in [9.17, 15) is 9.18 Å². The smallest absolute Gasteiger partial charge is 0.253 e. The first-order valence-corrected chi connectivity index (χ1v) is 6.65. The molecule has 0 aliphatic carbocycles. The largest absolute Gasteiger partial charge is 0.339 e. The number of rotatable bonds is 1. The maximum absolute atomic E-state index is 13.4. The minimum absolute atomic E-state index is 0. The van der Waals surface area contributed by atoms with Crippen LogP contribution < -0.4 is 5.73 Å². The van der Waals surface area contributed by atoms with Crippen LogP contribution in [-0.4, -0.2) is 29.9 Å². The van der Waals surface area contributed by atoms with Crippen molar-refractivity contribution < 1.29 is 9.18 Å². The van der Waals surface area contributed by atoms with E-state index in [-0.39, 0.29) is 30.2 Å². The predicted molar refractivity (Wildman–Crippen MR) is 79.5 cm³/mol. The molecule has 1 saturated heterocycles. The second-order valence-corrected chi connectivity index (χ2v) is 5.42. The van der Waals surface area contributed by atoms with Gasteiger partial charge in [0, 0.05) is 28.3 Å². The van der Waals surface area contributed by atoms with Gasteiger partial charge in [-0.25, -0.2) is 4.39 Å². The van der Waals surface area contributed by atoms with Crippen LogP contribution in [0.25, 0.3) is 0 Å². The normalized spacial score (nSPS) is 16.3. The lowest BCUT2D eigenvalue weighted by Gasteiger charge is -2.30. The van der Waals surface area contributed by atoms with Crippen molar-refractivity contribution in [2.45, 2.75) is 18.9 Å². The molecule has 0 bridgehead atoms. The molecule has 0 atom stereocenters. The fourth-order valence-corrected chi connectivity index (χ4v) is 2.25. The number of benzene rings is 1. The van der Waals surface area contributed by atoms with Crippen molar-refractivity contribution in [3.8, 4) is 0 Å². The van der Waals surface area contributed by atoms with E-state index in [0.29, 0.717) is 22.2 Å². The standard InChI is InChI=1S/C12H14FIN2O.ClH/c13-10-7-8(1-2-11(10)14)12(17)16-5-3-9(15)4-6-16;/h1-2,7,9H,3-6,15H2;1H. The summed E-state index contributed by atoms with van der Waals surface area (Å²) in [7, 11) is 0. The van der Waals surface area contributed by atoms with Crippen LogP contribution in [0.1, 0.15) is 23.2 Å². The number of nitrogens with two attached hydrogens (primary N) is 1. The number of hydrogen-bond donors (Lipinski definition) is 1. The average molecular weight is 385 g/mol. The Morgan fingerprint density at radius 1 is 1.39 bits per heavy atom. The first kappa shape index (κ1) is 15.7. The highest BCUT2D eigenvalue weighted by atomic mass is 127. The van der Waals surface area contributed by atoms with Crippen molar-refractivity contribution in [3.63, 3.8) is 0 Å². The van der Waals surface area contributed by atoms with Crippen molar-refractivity contribution >= 4 is 40.9 Å². The van der Waals surface area contributed by atoms with E-state index in [2.05, 4.69) is 0 Å². The zero-order valence-corrected chi connectivity index (χ0v) is 12.7. The van der Waals surface area contributed by atoms with Gasteiger partial charge >= 0.3 is 0 Å². The van der Waals surface area contributed by atoms with Crippen LogP contribution in [0.2, 0.25) is 0 Å². The summed E-state index contributed by atoms with van der Waals surface area (Å²) < 4.78 is 13.9. The Morgan fingerprint density at radius 3 is 2.56 bits per heavy atom. The Kier molecular flexibility index (Phi) is 5.81. The third-order valence-electron chi connectivity index (χ3n) is 2.99.